The minimum absolute atomic E-state index is 0.108. The van der Waals surface area contributed by atoms with Gasteiger partial charge in [0.1, 0.15) is 5.82 Å². The third-order valence-electron chi connectivity index (χ3n) is 5.64. The summed E-state index contributed by atoms with van der Waals surface area (Å²) >= 11 is 0. The zero-order valence-corrected chi connectivity index (χ0v) is 15.4. The normalized spacial score (nSPS) is 27.7. The maximum absolute atomic E-state index is 12.8. The van der Waals surface area contributed by atoms with E-state index in [0.717, 1.165) is 38.1 Å². The summed E-state index contributed by atoms with van der Waals surface area (Å²) in [5.41, 5.74) is 0.552. The van der Waals surface area contributed by atoms with Crippen molar-refractivity contribution in [3.8, 4) is 0 Å². The van der Waals surface area contributed by atoms with Crippen molar-refractivity contribution in [2.45, 2.75) is 84.0 Å². The van der Waals surface area contributed by atoms with Crippen LogP contribution in [0.1, 0.15) is 71.5 Å². The number of hydrogen-bond donors (Lipinski definition) is 0. The van der Waals surface area contributed by atoms with Gasteiger partial charge in [-0.15, -0.1) is 9.24 Å². The Bertz CT molecular complexity index is 590. The van der Waals surface area contributed by atoms with Crippen molar-refractivity contribution in [3.63, 3.8) is 0 Å². The topological polar surface area (TPSA) is 39.8 Å². The molecule has 0 saturated heterocycles. The van der Waals surface area contributed by atoms with Crippen LogP contribution >= 0.6 is 9.24 Å². The number of fused-ring (bicyclic) bond motifs is 1. The molecule has 0 amide bonds. The number of hydrogen-bond acceptors (Lipinski definition) is 2. The van der Waals surface area contributed by atoms with Gasteiger partial charge in [-0.05, 0) is 43.4 Å². The molecule has 0 spiro atoms. The van der Waals surface area contributed by atoms with E-state index in [1.807, 2.05) is 9.25 Å². The first-order valence-electron chi connectivity index (χ1n) is 8.79. The second-order valence-electron chi connectivity index (χ2n) is 8.34. The highest BCUT2D eigenvalue weighted by molar-refractivity contribution is 7.17. The minimum Gasteiger partial charge on any atom is -0.279 e. The lowest BCUT2D eigenvalue weighted by atomic mass is 9.78. The van der Waals surface area contributed by atoms with Gasteiger partial charge in [0.2, 0.25) is 0 Å². The fraction of sp³-hybridized carbons (Fsp3) is 0.882. The van der Waals surface area contributed by atoms with Gasteiger partial charge in [0, 0.05) is 13.0 Å². The molecule has 0 bridgehead atoms. The van der Waals surface area contributed by atoms with Gasteiger partial charge in [0.05, 0.1) is 5.28 Å². The fourth-order valence-corrected chi connectivity index (χ4v) is 4.66. The molecular weight excluding hydrogens is 293 g/mol. The van der Waals surface area contributed by atoms with Crippen LogP contribution in [0.2, 0.25) is 0 Å². The maximum Gasteiger partial charge on any atom is 0.346 e. The van der Waals surface area contributed by atoms with Crippen molar-refractivity contribution in [2.75, 3.05) is 0 Å². The summed E-state index contributed by atoms with van der Waals surface area (Å²) in [4.78, 5) is 12.8. The van der Waals surface area contributed by atoms with Gasteiger partial charge in [-0.25, -0.2) is 9.48 Å². The van der Waals surface area contributed by atoms with Crippen LogP contribution < -0.4 is 5.69 Å². The monoisotopic (exact) mass is 323 g/mol. The van der Waals surface area contributed by atoms with E-state index in [4.69, 9.17) is 5.10 Å². The first kappa shape index (κ1) is 16.2. The quantitative estimate of drug-likeness (QED) is 0.742. The summed E-state index contributed by atoms with van der Waals surface area (Å²) in [7, 11) is 2.98. The van der Waals surface area contributed by atoms with Gasteiger partial charge in [0.25, 0.3) is 0 Å². The second-order valence-corrected chi connectivity index (χ2v) is 9.41. The zero-order valence-electron chi connectivity index (χ0n) is 14.3. The Balaban J connectivity index is 1.88. The van der Waals surface area contributed by atoms with Crippen LogP contribution in [0, 0.1) is 11.3 Å². The lowest BCUT2D eigenvalue weighted by Gasteiger charge is -2.35. The van der Waals surface area contributed by atoms with Crippen molar-refractivity contribution >= 4 is 9.24 Å². The van der Waals surface area contributed by atoms with E-state index < -0.39 is 0 Å². The van der Waals surface area contributed by atoms with E-state index in [2.05, 4.69) is 30.0 Å². The Hall–Kier alpha value is -0.630. The van der Waals surface area contributed by atoms with Crippen molar-refractivity contribution in [3.05, 3.63) is 16.3 Å². The van der Waals surface area contributed by atoms with Crippen LogP contribution in [-0.2, 0) is 18.2 Å². The number of aryl methyl sites for hydroxylation is 1. The number of aromatic nitrogens is 3. The predicted octanol–water partition coefficient (Wildman–Crippen LogP) is 3.54. The van der Waals surface area contributed by atoms with Crippen molar-refractivity contribution in [2.24, 2.45) is 11.3 Å². The second kappa shape index (κ2) is 5.78. The average Bonchev–Trinajstić information content (AvgIpc) is 2.74. The van der Waals surface area contributed by atoms with Gasteiger partial charge in [-0.3, -0.25) is 4.57 Å². The Labute approximate surface area is 135 Å². The third-order valence-corrected chi connectivity index (χ3v) is 6.46. The standard InChI is InChI=1S/C17H30N3OP/c1-13-6-7-14-18-20(15(21)19(14)12-13)17(22)10-4-8-16(2,3)9-5-11-17/h13H,4-12,22H2,1-3H3. The molecule has 2 atom stereocenters. The molecule has 22 heavy (non-hydrogen) atoms. The van der Waals surface area contributed by atoms with Crippen molar-refractivity contribution in [1.29, 1.82) is 0 Å². The highest BCUT2D eigenvalue weighted by atomic mass is 31.0. The summed E-state index contributed by atoms with van der Waals surface area (Å²) < 4.78 is 3.73. The van der Waals surface area contributed by atoms with Gasteiger partial charge < -0.3 is 0 Å². The fourth-order valence-electron chi connectivity index (χ4n) is 4.08. The molecule has 4 nitrogen and oxygen atoms in total. The van der Waals surface area contributed by atoms with E-state index in [1.54, 1.807) is 0 Å². The first-order valence-corrected chi connectivity index (χ1v) is 9.37. The summed E-state index contributed by atoms with van der Waals surface area (Å²) in [6.07, 6.45) is 8.97. The minimum atomic E-state index is -0.179. The van der Waals surface area contributed by atoms with Crippen LogP contribution in [0.25, 0.3) is 0 Å². The lowest BCUT2D eigenvalue weighted by Crippen LogP contribution is -2.39. The van der Waals surface area contributed by atoms with E-state index in [0.29, 0.717) is 11.3 Å². The molecule has 2 unspecified atom stereocenters. The summed E-state index contributed by atoms with van der Waals surface area (Å²) in [6.45, 7) is 7.79. The molecule has 1 aromatic rings. The van der Waals surface area contributed by atoms with Crippen LogP contribution in [0.4, 0.5) is 0 Å². The van der Waals surface area contributed by atoms with Crippen LogP contribution in [0.5, 0.6) is 0 Å². The lowest BCUT2D eigenvalue weighted by molar-refractivity contribution is 0.211. The summed E-state index contributed by atoms with van der Waals surface area (Å²) in [5, 5.41) is 4.56. The Morgan fingerprint density at radius 3 is 2.45 bits per heavy atom. The van der Waals surface area contributed by atoms with Crippen LogP contribution in [0.15, 0.2) is 4.79 Å². The molecule has 3 rings (SSSR count). The molecule has 0 radical (unpaired) electrons. The van der Waals surface area contributed by atoms with E-state index in [1.165, 1.54) is 25.7 Å². The molecule has 0 aromatic carbocycles. The first-order chi connectivity index (χ1) is 10.3. The zero-order chi connectivity index (χ0) is 16.0. The molecule has 124 valence electrons. The van der Waals surface area contributed by atoms with E-state index in [-0.39, 0.29) is 11.0 Å². The molecule has 1 aliphatic heterocycles. The summed E-state index contributed by atoms with van der Waals surface area (Å²) in [6, 6.07) is 0. The third kappa shape index (κ3) is 3.04. The number of rotatable bonds is 1. The van der Waals surface area contributed by atoms with E-state index >= 15 is 0 Å². The average molecular weight is 323 g/mol. The smallest absolute Gasteiger partial charge is 0.279 e. The summed E-state index contributed by atoms with van der Waals surface area (Å²) in [5.74, 6) is 1.58. The van der Waals surface area contributed by atoms with Crippen molar-refractivity contribution < 1.29 is 0 Å². The molecule has 2 heterocycles. The molecule has 1 fully saturated rings. The molecule has 5 heteroatoms. The molecular formula is C17H30N3OP. The molecule has 2 aliphatic rings. The van der Waals surface area contributed by atoms with Crippen molar-refractivity contribution in [1.82, 2.24) is 14.3 Å². The van der Waals surface area contributed by atoms with Gasteiger partial charge in [-0.2, -0.15) is 5.10 Å². The predicted molar refractivity (Wildman–Crippen MR) is 93.1 cm³/mol. The van der Waals surface area contributed by atoms with Gasteiger partial charge in [-0.1, -0.05) is 33.6 Å². The Kier molecular flexibility index (Phi) is 4.26. The molecule has 0 N–H and O–H groups in total. The molecule has 1 aliphatic carbocycles. The molecule has 1 aromatic heterocycles. The highest BCUT2D eigenvalue weighted by Crippen LogP contribution is 2.42. The molecule has 1 saturated carbocycles. The highest BCUT2D eigenvalue weighted by Gasteiger charge is 2.35. The SMILES string of the molecule is CC1CCc2nn(C3(P)CCCC(C)(C)CCC3)c(=O)n2C1. The van der Waals surface area contributed by atoms with Crippen LogP contribution in [0.3, 0.4) is 0 Å². The maximum atomic E-state index is 12.8. The Morgan fingerprint density at radius 2 is 1.82 bits per heavy atom. The van der Waals surface area contributed by atoms with Crippen LogP contribution in [-0.4, -0.2) is 14.3 Å². The largest absolute Gasteiger partial charge is 0.346 e. The Morgan fingerprint density at radius 1 is 1.18 bits per heavy atom. The van der Waals surface area contributed by atoms with Gasteiger partial charge in [0.15, 0.2) is 0 Å². The van der Waals surface area contributed by atoms with Gasteiger partial charge >= 0.3 is 5.69 Å². The number of nitrogens with zero attached hydrogens (tertiary/aromatic N) is 3. The van der Waals surface area contributed by atoms with E-state index in [9.17, 15) is 4.79 Å².